The molecule has 2 N–H and O–H groups in total. The lowest BCUT2D eigenvalue weighted by molar-refractivity contribution is 0.0713. The zero-order chi connectivity index (χ0) is 22.4. The highest BCUT2D eigenvalue weighted by Crippen LogP contribution is 2.29. The van der Waals surface area contributed by atoms with E-state index in [1.807, 2.05) is 62.1 Å². The Kier molecular flexibility index (Phi) is 7.30. The Labute approximate surface area is 184 Å². The molecule has 0 saturated carbocycles. The summed E-state index contributed by atoms with van der Waals surface area (Å²) in [5, 5.41) is 14.6. The second-order valence-electron chi connectivity index (χ2n) is 8.56. The van der Waals surface area contributed by atoms with Gasteiger partial charge in [-0.15, -0.1) is 0 Å². The molecule has 1 saturated heterocycles. The Morgan fingerprint density at radius 1 is 1.13 bits per heavy atom. The van der Waals surface area contributed by atoms with E-state index in [4.69, 9.17) is 5.26 Å². The molecule has 1 heterocycles. The van der Waals surface area contributed by atoms with E-state index in [0.717, 1.165) is 18.4 Å². The number of nitriles is 1. The number of urea groups is 1. The van der Waals surface area contributed by atoms with Crippen molar-refractivity contribution in [1.29, 1.82) is 5.26 Å². The van der Waals surface area contributed by atoms with E-state index in [1.165, 1.54) is 5.56 Å². The van der Waals surface area contributed by atoms with E-state index in [2.05, 4.69) is 16.7 Å². The molecule has 162 valence electrons. The maximum atomic E-state index is 13.1. The van der Waals surface area contributed by atoms with Gasteiger partial charge in [-0.1, -0.05) is 32.0 Å². The number of carbonyl (C=O) groups excluding carboxylic acids is 2. The highest BCUT2D eigenvalue weighted by molar-refractivity contribution is 5.97. The van der Waals surface area contributed by atoms with Gasteiger partial charge >= 0.3 is 6.03 Å². The smallest absolute Gasteiger partial charge is 0.319 e. The number of nitrogens with one attached hydrogen (secondary N) is 2. The summed E-state index contributed by atoms with van der Waals surface area (Å²) in [6.45, 7) is 7.96. The van der Waals surface area contributed by atoms with Gasteiger partial charge < -0.3 is 15.5 Å². The first-order valence-corrected chi connectivity index (χ1v) is 10.8. The van der Waals surface area contributed by atoms with Crippen LogP contribution in [-0.2, 0) is 0 Å². The number of likely N-dealkylation sites (tertiary alicyclic amines) is 1. The second-order valence-corrected chi connectivity index (χ2v) is 8.56. The van der Waals surface area contributed by atoms with E-state index in [-0.39, 0.29) is 11.9 Å². The molecule has 0 unspecified atom stereocenters. The first-order chi connectivity index (χ1) is 14.9. The molecule has 1 aliphatic heterocycles. The summed E-state index contributed by atoms with van der Waals surface area (Å²) < 4.78 is 0. The number of aryl methyl sites for hydroxylation is 1. The first kappa shape index (κ1) is 22.4. The normalized spacial score (nSPS) is 14.2. The molecular formula is C25H30N4O2. The van der Waals surface area contributed by atoms with E-state index < -0.39 is 0 Å². The maximum Gasteiger partial charge on any atom is 0.319 e. The van der Waals surface area contributed by atoms with Crippen molar-refractivity contribution in [2.45, 2.75) is 39.5 Å². The number of carbonyl (C=O) groups is 2. The van der Waals surface area contributed by atoms with E-state index in [9.17, 15) is 9.59 Å². The van der Waals surface area contributed by atoms with E-state index >= 15 is 0 Å². The van der Waals surface area contributed by atoms with Crippen molar-refractivity contribution < 1.29 is 9.59 Å². The summed E-state index contributed by atoms with van der Waals surface area (Å²) in [5.41, 5.74) is 4.04. The molecule has 6 nitrogen and oxygen atoms in total. The average Bonchev–Trinajstić information content (AvgIpc) is 2.79. The minimum absolute atomic E-state index is 0.0103. The van der Waals surface area contributed by atoms with Crippen LogP contribution in [0.4, 0.5) is 10.5 Å². The molecular weight excluding hydrogens is 388 g/mol. The Morgan fingerprint density at radius 2 is 1.81 bits per heavy atom. The van der Waals surface area contributed by atoms with Gasteiger partial charge in [0.1, 0.15) is 0 Å². The van der Waals surface area contributed by atoms with Gasteiger partial charge in [-0.3, -0.25) is 4.79 Å². The molecule has 2 aromatic rings. The van der Waals surface area contributed by atoms with Crippen LogP contribution in [-0.4, -0.2) is 36.5 Å². The molecule has 0 aromatic heterocycles. The summed E-state index contributed by atoms with van der Waals surface area (Å²) in [4.78, 5) is 27.1. The van der Waals surface area contributed by atoms with Gasteiger partial charge in [0.05, 0.1) is 11.6 Å². The summed E-state index contributed by atoms with van der Waals surface area (Å²) in [6.07, 6.45) is 1.79. The van der Waals surface area contributed by atoms with Crippen molar-refractivity contribution in [2.24, 2.45) is 5.92 Å². The molecule has 31 heavy (non-hydrogen) atoms. The number of amides is 3. The molecule has 0 aliphatic carbocycles. The van der Waals surface area contributed by atoms with E-state index in [0.29, 0.717) is 48.3 Å². The van der Waals surface area contributed by atoms with Crippen LogP contribution in [0.25, 0.3) is 0 Å². The van der Waals surface area contributed by atoms with Crippen molar-refractivity contribution in [3.05, 3.63) is 64.7 Å². The largest absolute Gasteiger partial charge is 0.339 e. The van der Waals surface area contributed by atoms with Crippen LogP contribution in [0, 0.1) is 24.2 Å². The third kappa shape index (κ3) is 5.85. The Hall–Kier alpha value is -3.33. The van der Waals surface area contributed by atoms with Crippen molar-refractivity contribution in [2.75, 3.05) is 25.0 Å². The lowest BCUT2D eigenvalue weighted by Crippen LogP contribution is -2.38. The van der Waals surface area contributed by atoms with Gasteiger partial charge in [0.2, 0.25) is 0 Å². The summed E-state index contributed by atoms with van der Waals surface area (Å²) in [5.74, 6) is 0.757. The van der Waals surface area contributed by atoms with E-state index in [1.54, 1.807) is 6.07 Å². The van der Waals surface area contributed by atoms with Gasteiger partial charge in [-0.25, -0.2) is 4.79 Å². The average molecular weight is 419 g/mol. The summed E-state index contributed by atoms with van der Waals surface area (Å²) in [7, 11) is 0. The maximum absolute atomic E-state index is 13.1. The molecule has 0 radical (unpaired) electrons. The van der Waals surface area contributed by atoms with Gasteiger partial charge in [0.15, 0.2) is 0 Å². The first-order valence-electron chi connectivity index (χ1n) is 10.8. The SMILES string of the molecule is Cc1ccc(C(=O)N2CCC(c3ccc(C#N)cc3)CC2)cc1NC(=O)NCC(C)C. The predicted molar refractivity (Wildman–Crippen MR) is 122 cm³/mol. The minimum atomic E-state index is -0.260. The van der Waals surface area contributed by atoms with Crippen LogP contribution in [0.5, 0.6) is 0 Å². The van der Waals surface area contributed by atoms with Crippen LogP contribution in [0.15, 0.2) is 42.5 Å². The Bertz CT molecular complexity index is 968. The highest BCUT2D eigenvalue weighted by Gasteiger charge is 2.25. The lowest BCUT2D eigenvalue weighted by Gasteiger charge is -2.32. The van der Waals surface area contributed by atoms with Gasteiger partial charge in [0.25, 0.3) is 5.91 Å². The van der Waals surface area contributed by atoms with Gasteiger partial charge in [-0.2, -0.15) is 5.26 Å². The number of hydrogen-bond donors (Lipinski definition) is 2. The van der Waals surface area contributed by atoms with Crippen molar-refractivity contribution in [1.82, 2.24) is 10.2 Å². The molecule has 0 bridgehead atoms. The lowest BCUT2D eigenvalue weighted by atomic mass is 9.89. The number of nitrogens with zero attached hydrogens (tertiary/aromatic N) is 2. The number of piperidine rings is 1. The molecule has 3 rings (SSSR count). The van der Waals surface area contributed by atoms with Gasteiger partial charge in [-0.05, 0) is 67.0 Å². The molecule has 2 aromatic carbocycles. The van der Waals surface area contributed by atoms with Gasteiger partial charge in [0, 0.05) is 30.9 Å². The summed E-state index contributed by atoms with van der Waals surface area (Å²) in [6, 6.07) is 15.1. The molecule has 3 amide bonds. The monoisotopic (exact) mass is 418 g/mol. The second kappa shape index (κ2) is 10.1. The fraction of sp³-hybridized carbons (Fsp3) is 0.400. The molecule has 0 atom stereocenters. The third-order valence-corrected chi connectivity index (χ3v) is 5.70. The Morgan fingerprint density at radius 3 is 2.42 bits per heavy atom. The zero-order valence-electron chi connectivity index (χ0n) is 18.4. The van der Waals surface area contributed by atoms with Crippen molar-refractivity contribution in [3.8, 4) is 6.07 Å². The standard InChI is InChI=1S/C25H30N4O2/c1-17(2)16-27-25(31)28-23-14-22(7-4-18(23)3)24(30)29-12-10-21(11-13-29)20-8-5-19(15-26)6-9-20/h4-9,14,17,21H,10-13,16H2,1-3H3,(H2,27,28,31). The number of benzene rings is 2. The minimum Gasteiger partial charge on any atom is -0.339 e. The topological polar surface area (TPSA) is 85.2 Å². The fourth-order valence-corrected chi connectivity index (χ4v) is 3.78. The quantitative estimate of drug-likeness (QED) is 0.740. The molecule has 1 aliphatic rings. The van der Waals surface area contributed by atoms with Crippen LogP contribution < -0.4 is 10.6 Å². The number of hydrogen-bond acceptors (Lipinski definition) is 3. The molecule has 6 heteroatoms. The van der Waals surface area contributed by atoms with Crippen molar-refractivity contribution >= 4 is 17.6 Å². The number of rotatable bonds is 5. The van der Waals surface area contributed by atoms with Crippen LogP contribution >= 0.6 is 0 Å². The fourth-order valence-electron chi connectivity index (χ4n) is 3.78. The van der Waals surface area contributed by atoms with Crippen molar-refractivity contribution in [3.63, 3.8) is 0 Å². The number of anilines is 1. The predicted octanol–water partition coefficient (Wildman–Crippen LogP) is 4.66. The zero-order valence-corrected chi connectivity index (χ0v) is 18.4. The van der Waals surface area contributed by atoms with Crippen LogP contribution in [0.3, 0.4) is 0 Å². The third-order valence-electron chi connectivity index (χ3n) is 5.70. The van der Waals surface area contributed by atoms with Crippen LogP contribution in [0.2, 0.25) is 0 Å². The Balaban J connectivity index is 1.61. The van der Waals surface area contributed by atoms with Crippen LogP contribution in [0.1, 0.15) is 59.7 Å². The molecule has 0 spiro atoms. The molecule has 1 fully saturated rings. The highest BCUT2D eigenvalue weighted by atomic mass is 16.2. The summed E-state index contributed by atoms with van der Waals surface area (Å²) >= 11 is 0.